The molecule has 1 aromatic heterocycles. The number of benzene rings is 1. The van der Waals surface area contributed by atoms with Crippen LogP contribution in [-0.4, -0.2) is 33.0 Å². The van der Waals surface area contributed by atoms with Gasteiger partial charge in [-0.3, -0.25) is 14.3 Å². The Labute approximate surface area is 157 Å². The van der Waals surface area contributed by atoms with Crippen LogP contribution in [0.4, 0.5) is 0 Å². The molecule has 1 saturated carbocycles. The molecule has 1 N–H and O–H groups in total. The van der Waals surface area contributed by atoms with E-state index in [2.05, 4.69) is 10.4 Å². The normalized spacial score (nSPS) is 16.2. The van der Waals surface area contributed by atoms with Gasteiger partial charge in [0.1, 0.15) is 0 Å². The topological polar surface area (TPSA) is 91.0 Å². The van der Waals surface area contributed by atoms with Crippen LogP contribution in [0.2, 0.25) is 0 Å². The first-order chi connectivity index (χ1) is 13.2. The van der Waals surface area contributed by atoms with Gasteiger partial charge in [-0.1, -0.05) is 18.6 Å². The maximum Gasteiger partial charge on any atom is 0.252 e. The van der Waals surface area contributed by atoms with Crippen molar-refractivity contribution in [2.24, 2.45) is 5.92 Å². The minimum Gasteiger partial charge on any atom is -0.346 e. The molecule has 2 aromatic rings. The van der Waals surface area contributed by atoms with Crippen LogP contribution in [0.5, 0.6) is 0 Å². The molecule has 4 rings (SSSR count). The Morgan fingerprint density at radius 2 is 2.07 bits per heavy atom. The fourth-order valence-corrected chi connectivity index (χ4v) is 3.56. The Morgan fingerprint density at radius 3 is 2.81 bits per heavy atom. The average Bonchev–Trinajstić information content (AvgIpc) is 3.06. The van der Waals surface area contributed by atoms with E-state index in [1.165, 1.54) is 0 Å². The lowest BCUT2D eigenvalue weighted by molar-refractivity contribution is -0.139. The number of hydrogen-bond donors (Lipinski definition) is 1. The maximum atomic E-state index is 12.4. The second-order valence-corrected chi connectivity index (χ2v) is 7.08. The summed E-state index contributed by atoms with van der Waals surface area (Å²) in [5, 5.41) is 16.5. The second kappa shape index (κ2) is 7.23. The lowest BCUT2D eigenvalue weighted by Crippen LogP contribution is -2.43. The Kier molecular flexibility index (Phi) is 4.63. The molecule has 0 spiro atoms. The third kappa shape index (κ3) is 3.43. The molecule has 1 aromatic carbocycles. The largest absolute Gasteiger partial charge is 0.346 e. The molecule has 0 radical (unpaired) electrons. The van der Waals surface area contributed by atoms with Crippen LogP contribution in [0.15, 0.2) is 30.3 Å². The van der Waals surface area contributed by atoms with E-state index in [1.54, 1.807) is 24.3 Å². The van der Waals surface area contributed by atoms with Crippen molar-refractivity contribution in [1.82, 2.24) is 20.0 Å². The summed E-state index contributed by atoms with van der Waals surface area (Å²) in [6, 6.07) is 10.7. The summed E-state index contributed by atoms with van der Waals surface area (Å²) in [6.07, 6.45) is 3.17. The van der Waals surface area contributed by atoms with Gasteiger partial charge < -0.3 is 10.2 Å². The minimum absolute atomic E-state index is 0.207. The molecule has 0 unspecified atom stereocenters. The maximum absolute atomic E-state index is 12.4. The number of nitrogens with one attached hydrogen (secondary N) is 1. The van der Waals surface area contributed by atoms with Crippen molar-refractivity contribution in [3.8, 4) is 6.07 Å². The molecular formula is C20H21N5O2. The Bertz CT molecular complexity index is 923. The minimum atomic E-state index is -0.292. The fourth-order valence-electron chi connectivity index (χ4n) is 3.56. The summed E-state index contributed by atoms with van der Waals surface area (Å²) in [7, 11) is 0. The third-order valence-corrected chi connectivity index (χ3v) is 5.34. The van der Waals surface area contributed by atoms with E-state index in [-0.39, 0.29) is 24.3 Å². The molecule has 2 amide bonds. The van der Waals surface area contributed by atoms with Crippen molar-refractivity contribution >= 4 is 11.8 Å². The standard InChI is InChI=1S/C20H21N5O2/c21-11-15-4-1-2-7-18(15)19(26)22-12-16-10-17-13-24(8-9-25(17)23-16)20(27)14-5-3-6-14/h1-2,4,7,10,14H,3,5-6,8-9,12-13H2,(H,22,26). The van der Waals surface area contributed by atoms with Crippen molar-refractivity contribution in [1.29, 1.82) is 5.26 Å². The highest BCUT2D eigenvalue weighted by Crippen LogP contribution is 2.29. The predicted octanol–water partition coefficient (Wildman–Crippen LogP) is 1.83. The van der Waals surface area contributed by atoms with Crippen LogP contribution >= 0.6 is 0 Å². The van der Waals surface area contributed by atoms with Gasteiger partial charge in [-0.2, -0.15) is 10.4 Å². The Hall–Kier alpha value is -3.14. The van der Waals surface area contributed by atoms with Crippen molar-refractivity contribution in [3.05, 3.63) is 52.8 Å². The highest BCUT2D eigenvalue weighted by atomic mass is 16.2. The van der Waals surface area contributed by atoms with Gasteiger partial charge in [-0.15, -0.1) is 0 Å². The number of nitrogens with zero attached hydrogens (tertiary/aromatic N) is 4. The van der Waals surface area contributed by atoms with Crippen molar-refractivity contribution in [2.45, 2.75) is 38.9 Å². The summed E-state index contributed by atoms with van der Waals surface area (Å²) < 4.78 is 1.91. The summed E-state index contributed by atoms with van der Waals surface area (Å²) in [6.45, 7) is 2.23. The van der Waals surface area contributed by atoms with E-state index in [9.17, 15) is 9.59 Å². The Balaban J connectivity index is 1.39. The van der Waals surface area contributed by atoms with Gasteiger partial charge in [0, 0.05) is 12.5 Å². The van der Waals surface area contributed by atoms with Gasteiger partial charge in [-0.25, -0.2) is 0 Å². The van der Waals surface area contributed by atoms with Crippen LogP contribution in [0.3, 0.4) is 0 Å². The zero-order valence-electron chi connectivity index (χ0n) is 15.0. The molecule has 1 aliphatic heterocycles. The van der Waals surface area contributed by atoms with E-state index in [4.69, 9.17) is 5.26 Å². The first kappa shape index (κ1) is 17.3. The number of amides is 2. The zero-order chi connectivity index (χ0) is 18.8. The number of fused-ring (bicyclic) bond motifs is 1. The van der Waals surface area contributed by atoms with Crippen molar-refractivity contribution < 1.29 is 9.59 Å². The number of hydrogen-bond acceptors (Lipinski definition) is 4. The third-order valence-electron chi connectivity index (χ3n) is 5.34. The van der Waals surface area contributed by atoms with Gasteiger partial charge in [0.2, 0.25) is 5.91 Å². The molecule has 1 fully saturated rings. The van der Waals surface area contributed by atoms with E-state index in [0.717, 1.165) is 30.7 Å². The molecule has 2 aliphatic rings. The van der Waals surface area contributed by atoms with Crippen LogP contribution in [0, 0.1) is 17.2 Å². The van der Waals surface area contributed by atoms with Gasteiger partial charge in [-0.05, 0) is 31.0 Å². The monoisotopic (exact) mass is 363 g/mol. The lowest BCUT2D eigenvalue weighted by Gasteiger charge is -2.34. The number of aromatic nitrogens is 2. The van der Waals surface area contributed by atoms with Crippen molar-refractivity contribution in [3.63, 3.8) is 0 Å². The van der Waals surface area contributed by atoms with E-state index in [1.807, 2.05) is 21.7 Å². The SMILES string of the molecule is N#Cc1ccccc1C(=O)NCc1cc2n(n1)CCN(C(=O)C1CCC1)C2. The number of rotatable bonds is 4. The highest BCUT2D eigenvalue weighted by Gasteiger charge is 2.31. The first-order valence-corrected chi connectivity index (χ1v) is 9.27. The van der Waals surface area contributed by atoms with E-state index in [0.29, 0.717) is 30.8 Å². The van der Waals surface area contributed by atoms with Crippen molar-refractivity contribution in [2.75, 3.05) is 6.54 Å². The molecular weight excluding hydrogens is 342 g/mol. The summed E-state index contributed by atoms with van der Waals surface area (Å²) in [5.41, 5.74) is 2.46. The average molecular weight is 363 g/mol. The van der Waals surface area contributed by atoms with E-state index >= 15 is 0 Å². The number of carbonyl (C=O) groups excluding carboxylic acids is 2. The van der Waals surface area contributed by atoms with Gasteiger partial charge in [0.05, 0.1) is 48.2 Å². The van der Waals surface area contributed by atoms with Crippen LogP contribution in [0.1, 0.15) is 46.6 Å². The summed E-state index contributed by atoms with van der Waals surface area (Å²) >= 11 is 0. The van der Waals surface area contributed by atoms with Crippen LogP contribution in [-0.2, 0) is 24.4 Å². The predicted molar refractivity (Wildman–Crippen MR) is 97.3 cm³/mol. The quantitative estimate of drug-likeness (QED) is 0.897. The number of carbonyl (C=O) groups is 2. The highest BCUT2D eigenvalue weighted by molar-refractivity contribution is 5.96. The molecule has 27 heavy (non-hydrogen) atoms. The summed E-state index contributed by atoms with van der Waals surface area (Å²) in [5.74, 6) is 0.176. The molecule has 0 bridgehead atoms. The molecule has 1 aliphatic carbocycles. The lowest BCUT2D eigenvalue weighted by atomic mass is 9.84. The molecule has 7 heteroatoms. The molecule has 138 valence electrons. The second-order valence-electron chi connectivity index (χ2n) is 7.08. The Morgan fingerprint density at radius 1 is 1.26 bits per heavy atom. The van der Waals surface area contributed by atoms with E-state index < -0.39 is 0 Å². The van der Waals surface area contributed by atoms with Gasteiger partial charge in [0.15, 0.2) is 0 Å². The summed E-state index contributed by atoms with van der Waals surface area (Å²) in [4.78, 5) is 26.7. The molecule has 7 nitrogen and oxygen atoms in total. The molecule has 2 heterocycles. The number of nitriles is 1. The smallest absolute Gasteiger partial charge is 0.252 e. The fraction of sp³-hybridized carbons (Fsp3) is 0.400. The van der Waals surface area contributed by atoms with Gasteiger partial charge >= 0.3 is 0 Å². The van der Waals surface area contributed by atoms with Crippen LogP contribution < -0.4 is 5.32 Å². The van der Waals surface area contributed by atoms with Crippen LogP contribution in [0.25, 0.3) is 0 Å². The molecule has 0 atom stereocenters. The first-order valence-electron chi connectivity index (χ1n) is 9.27. The van der Waals surface area contributed by atoms with Gasteiger partial charge in [0.25, 0.3) is 5.91 Å². The molecule has 0 saturated heterocycles. The zero-order valence-corrected chi connectivity index (χ0v) is 15.0.